The molecule has 0 bridgehead atoms. The molecule has 1 aliphatic rings. The molecule has 0 saturated heterocycles. The largest absolute Gasteiger partial charge is 0.497 e. The highest BCUT2D eigenvalue weighted by molar-refractivity contribution is 14.0. The Kier molecular flexibility index (Phi) is 6.58. The lowest BCUT2D eigenvalue weighted by atomic mass is 10.2. The first kappa shape index (κ1) is 17.1. The average molecular weight is 389 g/mol. The summed E-state index contributed by atoms with van der Waals surface area (Å²) in [6, 6.07) is 8.74. The van der Waals surface area contributed by atoms with Crippen molar-refractivity contribution in [3.8, 4) is 5.75 Å². The molecule has 0 aromatic heterocycles. The molecule has 1 fully saturated rings. The van der Waals surface area contributed by atoms with E-state index in [1.807, 2.05) is 19.2 Å². The fourth-order valence-electron chi connectivity index (χ4n) is 2.11. The average Bonchev–Trinajstić information content (AvgIpc) is 3.12. The van der Waals surface area contributed by atoms with E-state index in [0.717, 1.165) is 24.2 Å². The Hall–Kier alpha value is -0.980. The van der Waals surface area contributed by atoms with Gasteiger partial charge in [0.1, 0.15) is 5.75 Å². The van der Waals surface area contributed by atoms with Crippen LogP contribution in [0.15, 0.2) is 29.3 Å². The van der Waals surface area contributed by atoms with E-state index in [0.29, 0.717) is 6.04 Å². The summed E-state index contributed by atoms with van der Waals surface area (Å²) >= 11 is 0. The number of nitrogens with one attached hydrogen (secondary N) is 1. The number of hydrogen-bond acceptors (Lipinski definition) is 2. The maximum absolute atomic E-state index is 5.17. The zero-order valence-corrected chi connectivity index (χ0v) is 14.9. The van der Waals surface area contributed by atoms with Crippen LogP contribution < -0.4 is 10.1 Å². The van der Waals surface area contributed by atoms with Crippen molar-refractivity contribution >= 4 is 29.9 Å². The molecule has 1 aromatic rings. The molecule has 0 heterocycles. The topological polar surface area (TPSA) is 36.9 Å². The molecule has 1 aromatic carbocycles. The Balaban J connectivity index is 0.00000200. The smallest absolute Gasteiger partial charge is 0.193 e. The Morgan fingerprint density at radius 1 is 1.40 bits per heavy atom. The van der Waals surface area contributed by atoms with Gasteiger partial charge in [-0.3, -0.25) is 4.99 Å². The van der Waals surface area contributed by atoms with E-state index in [9.17, 15) is 0 Å². The standard InChI is InChI=1S/C15H23N3O.HI/c1-11-9-14(11)17-15(16-2)18(3)10-12-5-7-13(19-4)8-6-12;/h5-8,11,14H,9-10H2,1-4H3,(H,16,17);1H. The molecule has 0 spiro atoms. The second-order valence-electron chi connectivity index (χ2n) is 5.22. The Bertz CT molecular complexity index is 447. The first-order chi connectivity index (χ1) is 9.13. The van der Waals surface area contributed by atoms with E-state index in [-0.39, 0.29) is 24.0 Å². The fraction of sp³-hybridized carbons (Fsp3) is 0.533. The monoisotopic (exact) mass is 389 g/mol. The van der Waals surface area contributed by atoms with Crippen molar-refractivity contribution in [3.63, 3.8) is 0 Å². The van der Waals surface area contributed by atoms with Crippen molar-refractivity contribution in [1.29, 1.82) is 0 Å². The molecule has 1 saturated carbocycles. The first-order valence-electron chi connectivity index (χ1n) is 6.71. The summed E-state index contributed by atoms with van der Waals surface area (Å²) < 4.78 is 5.17. The van der Waals surface area contributed by atoms with Crippen molar-refractivity contribution in [1.82, 2.24) is 10.2 Å². The van der Waals surface area contributed by atoms with Crippen LogP contribution in [0.1, 0.15) is 18.9 Å². The van der Waals surface area contributed by atoms with E-state index in [4.69, 9.17) is 4.74 Å². The highest BCUT2D eigenvalue weighted by Crippen LogP contribution is 2.29. The first-order valence-corrected chi connectivity index (χ1v) is 6.71. The van der Waals surface area contributed by atoms with Crippen LogP contribution in [0.5, 0.6) is 5.75 Å². The van der Waals surface area contributed by atoms with Crippen LogP contribution in [-0.4, -0.2) is 38.1 Å². The maximum Gasteiger partial charge on any atom is 0.193 e. The van der Waals surface area contributed by atoms with E-state index >= 15 is 0 Å². The molecule has 112 valence electrons. The maximum atomic E-state index is 5.17. The summed E-state index contributed by atoms with van der Waals surface area (Å²) in [7, 11) is 5.58. The van der Waals surface area contributed by atoms with Gasteiger partial charge in [-0.15, -0.1) is 24.0 Å². The van der Waals surface area contributed by atoms with Gasteiger partial charge in [0.05, 0.1) is 7.11 Å². The van der Waals surface area contributed by atoms with Gasteiger partial charge in [0.15, 0.2) is 5.96 Å². The third-order valence-corrected chi connectivity index (χ3v) is 3.58. The van der Waals surface area contributed by atoms with Crippen LogP contribution in [0.25, 0.3) is 0 Å². The molecule has 0 radical (unpaired) electrons. The van der Waals surface area contributed by atoms with Gasteiger partial charge < -0.3 is 15.0 Å². The molecule has 1 N–H and O–H groups in total. The third kappa shape index (κ3) is 4.54. The number of ether oxygens (including phenoxy) is 1. The van der Waals surface area contributed by atoms with Crippen molar-refractivity contribution in [2.24, 2.45) is 10.9 Å². The summed E-state index contributed by atoms with van der Waals surface area (Å²) in [5.41, 5.74) is 1.25. The lowest BCUT2D eigenvalue weighted by Crippen LogP contribution is -2.40. The van der Waals surface area contributed by atoms with Crippen molar-refractivity contribution < 1.29 is 4.74 Å². The zero-order valence-electron chi connectivity index (χ0n) is 12.6. The van der Waals surface area contributed by atoms with Gasteiger partial charge in [-0.1, -0.05) is 19.1 Å². The molecule has 4 nitrogen and oxygen atoms in total. The minimum Gasteiger partial charge on any atom is -0.497 e. The van der Waals surface area contributed by atoms with Crippen molar-refractivity contribution in [3.05, 3.63) is 29.8 Å². The summed E-state index contributed by atoms with van der Waals surface area (Å²) in [4.78, 5) is 6.48. The molecule has 2 rings (SSSR count). The van der Waals surface area contributed by atoms with Gasteiger partial charge >= 0.3 is 0 Å². The minimum absolute atomic E-state index is 0. The minimum atomic E-state index is 0. The number of benzene rings is 1. The predicted octanol–water partition coefficient (Wildman–Crippen LogP) is 2.73. The number of hydrogen-bond donors (Lipinski definition) is 1. The van der Waals surface area contributed by atoms with Crippen molar-refractivity contribution in [2.75, 3.05) is 21.2 Å². The van der Waals surface area contributed by atoms with Crippen LogP contribution in [0.2, 0.25) is 0 Å². The van der Waals surface area contributed by atoms with E-state index < -0.39 is 0 Å². The lowest BCUT2D eigenvalue weighted by molar-refractivity contribution is 0.414. The quantitative estimate of drug-likeness (QED) is 0.489. The van der Waals surface area contributed by atoms with Crippen LogP contribution in [0, 0.1) is 5.92 Å². The number of guanidine groups is 1. The van der Waals surface area contributed by atoms with Gasteiger partial charge in [0, 0.05) is 26.7 Å². The Morgan fingerprint density at radius 3 is 2.45 bits per heavy atom. The fourth-order valence-corrected chi connectivity index (χ4v) is 2.11. The predicted molar refractivity (Wildman–Crippen MR) is 93.9 cm³/mol. The highest BCUT2D eigenvalue weighted by Gasteiger charge is 2.33. The third-order valence-electron chi connectivity index (χ3n) is 3.58. The molecule has 20 heavy (non-hydrogen) atoms. The molecule has 2 unspecified atom stereocenters. The number of nitrogens with zero attached hydrogens (tertiary/aromatic N) is 2. The number of halogens is 1. The zero-order chi connectivity index (χ0) is 13.8. The second kappa shape index (κ2) is 7.71. The van der Waals surface area contributed by atoms with Gasteiger partial charge in [-0.05, 0) is 30.0 Å². The molecule has 5 heteroatoms. The Morgan fingerprint density at radius 2 is 2.00 bits per heavy atom. The summed E-state index contributed by atoms with van der Waals surface area (Å²) in [5.74, 6) is 2.62. The Labute approximate surface area is 138 Å². The normalized spacial score (nSPS) is 20.9. The molecular weight excluding hydrogens is 365 g/mol. The van der Waals surface area contributed by atoms with E-state index in [1.165, 1.54) is 12.0 Å². The highest BCUT2D eigenvalue weighted by atomic mass is 127. The molecular formula is C15H24IN3O. The van der Waals surface area contributed by atoms with Crippen molar-refractivity contribution in [2.45, 2.75) is 25.9 Å². The van der Waals surface area contributed by atoms with Gasteiger partial charge in [-0.2, -0.15) is 0 Å². The van der Waals surface area contributed by atoms with Gasteiger partial charge in [0.25, 0.3) is 0 Å². The summed E-state index contributed by atoms with van der Waals surface area (Å²) in [5, 5.41) is 3.48. The molecule has 2 atom stereocenters. The summed E-state index contributed by atoms with van der Waals surface area (Å²) in [6.45, 7) is 3.10. The molecule has 0 amide bonds. The van der Waals surface area contributed by atoms with Gasteiger partial charge in [0.2, 0.25) is 0 Å². The van der Waals surface area contributed by atoms with Crippen LogP contribution in [0.4, 0.5) is 0 Å². The molecule has 0 aliphatic heterocycles. The summed E-state index contributed by atoms with van der Waals surface area (Å²) in [6.07, 6.45) is 1.25. The second-order valence-corrected chi connectivity index (χ2v) is 5.22. The SMILES string of the molecule is CN=C(NC1CC1C)N(C)Cc1ccc(OC)cc1.I. The number of aliphatic imine (C=N–C) groups is 1. The van der Waals surface area contributed by atoms with Crippen LogP contribution >= 0.6 is 24.0 Å². The number of methoxy groups -OCH3 is 1. The lowest BCUT2D eigenvalue weighted by Gasteiger charge is -2.22. The van der Waals surface area contributed by atoms with Gasteiger partial charge in [-0.25, -0.2) is 0 Å². The van der Waals surface area contributed by atoms with E-state index in [1.54, 1.807) is 7.11 Å². The van der Waals surface area contributed by atoms with Crippen LogP contribution in [0.3, 0.4) is 0 Å². The van der Waals surface area contributed by atoms with E-state index in [2.05, 4.69) is 41.3 Å². The van der Waals surface area contributed by atoms with Crippen LogP contribution in [-0.2, 0) is 6.54 Å². The number of rotatable bonds is 4. The molecule has 1 aliphatic carbocycles.